The zero-order chi connectivity index (χ0) is 14.4. The summed E-state index contributed by atoms with van der Waals surface area (Å²) in [6, 6.07) is 11.6. The van der Waals surface area contributed by atoms with E-state index in [9.17, 15) is 0 Å². The van der Waals surface area contributed by atoms with Crippen molar-refractivity contribution in [1.29, 1.82) is 0 Å². The summed E-state index contributed by atoms with van der Waals surface area (Å²) in [5.41, 5.74) is 8.54. The van der Waals surface area contributed by atoms with Crippen molar-refractivity contribution in [3.8, 4) is 0 Å². The number of likely N-dealkylation sites (N-methyl/N-ethyl adjacent to an activating group) is 1. The fraction of sp³-hybridized carbons (Fsp3) is 0.200. The van der Waals surface area contributed by atoms with E-state index in [4.69, 9.17) is 10.9 Å². The maximum absolute atomic E-state index is 8.62. The van der Waals surface area contributed by atoms with Crippen molar-refractivity contribution in [3.63, 3.8) is 0 Å². The minimum atomic E-state index is 0.120. The van der Waals surface area contributed by atoms with Crippen LogP contribution < -0.4 is 10.6 Å². The Bertz CT molecular complexity index is 566. The first kappa shape index (κ1) is 13.9. The first-order valence-electron chi connectivity index (χ1n) is 6.38. The highest BCUT2D eigenvalue weighted by atomic mass is 16.4. The SMILES string of the molecule is CN(CCc1cccnc1)c1ccc(C(N)=NO)cc1. The molecule has 0 radical (unpaired) electrons. The third-order valence-corrected chi connectivity index (χ3v) is 3.17. The van der Waals surface area contributed by atoms with Gasteiger partial charge in [0, 0.05) is 37.2 Å². The third-order valence-electron chi connectivity index (χ3n) is 3.17. The Morgan fingerprint density at radius 2 is 2.05 bits per heavy atom. The molecular formula is C15H18N4O. The molecule has 3 N–H and O–H groups in total. The van der Waals surface area contributed by atoms with Crippen LogP contribution in [0.25, 0.3) is 0 Å². The third kappa shape index (κ3) is 3.47. The van der Waals surface area contributed by atoms with E-state index >= 15 is 0 Å². The van der Waals surface area contributed by atoms with Gasteiger partial charge in [-0.3, -0.25) is 4.98 Å². The maximum Gasteiger partial charge on any atom is 0.170 e. The molecule has 0 spiro atoms. The van der Waals surface area contributed by atoms with Gasteiger partial charge in [-0.2, -0.15) is 0 Å². The molecule has 5 heteroatoms. The van der Waals surface area contributed by atoms with E-state index in [-0.39, 0.29) is 5.84 Å². The van der Waals surface area contributed by atoms with Crippen LogP contribution >= 0.6 is 0 Å². The zero-order valence-corrected chi connectivity index (χ0v) is 11.4. The second-order valence-corrected chi connectivity index (χ2v) is 4.56. The Labute approximate surface area is 118 Å². The Hall–Kier alpha value is -2.56. The van der Waals surface area contributed by atoms with Gasteiger partial charge in [0.15, 0.2) is 5.84 Å². The molecule has 2 aromatic rings. The number of benzene rings is 1. The van der Waals surface area contributed by atoms with E-state index in [0.717, 1.165) is 18.7 Å². The average Bonchev–Trinajstić information content (AvgIpc) is 2.53. The molecule has 1 aromatic heterocycles. The van der Waals surface area contributed by atoms with Crippen LogP contribution in [0.3, 0.4) is 0 Å². The van der Waals surface area contributed by atoms with Crippen LogP contribution in [-0.4, -0.2) is 29.6 Å². The van der Waals surface area contributed by atoms with Gasteiger partial charge in [0.1, 0.15) is 0 Å². The molecule has 0 aliphatic carbocycles. The van der Waals surface area contributed by atoms with Crippen molar-refractivity contribution >= 4 is 11.5 Å². The number of nitrogens with zero attached hydrogens (tertiary/aromatic N) is 3. The van der Waals surface area contributed by atoms with Crippen molar-refractivity contribution in [3.05, 3.63) is 59.9 Å². The van der Waals surface area contributed by atoms with Crippen LogP contribution in [-0.2, 0) is 6.42 Å². The molecule has 0 fully saturated rings. The standard InChI is InChI=1S/C15H18N4O/c1-19(10-8-12-3-2-9-17-11-12)14-6-4-13(5-7-14)15(16)18-20/h2-7,9,11,20H,8,10H2,1H3,(H2,16,18). The van der Waals surface area contributed by atoms with Crippen LogP contribution in [0.1, 0.15) is 11.1 Å². The second kappa shape index (κ2) is 6.56. The minimum Gasteiger partial charge on any atom is -0.409 e. The Balaban J connectivity index is 1.97. The summed E-state index contributed by atoms with van der Waals surface area (Å²) >= 11 is 0. The number of oxime groups is 1. The van der Waals surface area contributed by atoms with E-state index in [1.807, 2.05) is 43.6 Å². The van der Waals surface area contributed by atoms with Crippen molar-refractivity contribution in [2.75, 3.05) is 18.5 Å². The van der Waals surface area contributed by atoms with Gasteiger partial charge in [0.05, 0.1) is 0 Å². The Morgan fingerprint density at radius 1 is 1.30 bits per heavy atom. The highest BCUT2D eigenvalue weighted by Gasteiger charge is 2.03. The van der Waals surface area contributed by atoms with Crippen molar-refractivity contribution < 1.29 is 5.21 Å². The van der Waals surface area contributed by atoms with Crippen molar-refractivity contribution in [1.82, 2.24) is 4.98 Å². The molecule has 0 unspecified atom stereocenters. The summed E-state index contributed by atoms with van der Waals surface area (Å²) in [7, 11) is 2.04. The highest BCUT2D eigenvalue weighted by Crippen LogP contribution is 2.14. The lowest BCUT2D eigenvalue weighted by atomic mass is 10.1. The fourth-order valence-electron chi connectivity index (χ4n) is 1.92. The van der Waals surface area contributed by atoms with Crippen LogP contribution in [0.2, 0.25) is 0 Å². The molecule has 5 nitrogen and oxygen atoms in total. The molecular weight excluding hydrogens is 252 g/mol. The molecule has 0 atom stereocenters. The second-order valence-electron chi connectivity index (χ2n) is 4.56. The summed E-state index contributed by atoms with van der Waals surface area (Å²) in [5.74, 6) is 0.120. The topological polar surface area (TPSA) is 74.7 Å². The fourth-order valence-corrected chi connectivity index (χ4v) is 1.92. The molecule has 1 aromatic carbocycles. The summed E-state index contributed by atoms with van der Waals surface area (Å²) in [5, 5.41) is 11.6. The van der Waals surface area contributed by atoms with E-state index in [0.29, 0.717) is 5.56 Å². The highest BCUT2D eigenvalue weighted by molar-refractivity contribution is 5.97. The number of hydrogen-bond acceptors (Lipinski definition) is 4. The number of anilines is 1. The number of hydrogen-bond donors (Lipinski definition) is 2. The van der Waals surface area contributed by atoms with E-state index < -0.39 is 0 Å². The molecule has 0 aliphatic rings. The summed E-state index contributed by atoms with van der Waals surface area (Å²) in [6.45, 7) is 0.897. The van der Waals surface area contributed by atoms with Crippen LogP contribution in [0.4, 0.5) is 5.69 Å². The van der Waals surface area contributed by atoms with Crippen LogP contribution in [0.15, 0.2) is 53.9 Å². The smallest absolute Gasteiger partial charge is 0.170 e. The molecule has 0 aliphatic heterocycles. The van der Waals surface area contributed by atoms with E-state index in [2.05, 4.69) is 21.1 Å². The van der Waals surface area contributed by atoms with Gasteiger partial charge in [-0.05, 0) is 42.3 Å². The van der Waals surface area contributed by atoms with Crippen molar-refractivity contribution in [2.24, 2.45) is 10.9 Å². The van der Waals surface area contributed by atoms with Gasteiger partial charge in [0.2, 0.25) is 0 Å². The quantitative estimate of drug-likeness (QED) is 0.376. The number of amidine groups is 1. The normalized spacial score (nSPS) is 11.3. The lowest BCUT2D eigenvalue weighted by Crippen LogP contribution is -2.20. The maximum atomic E-state index is 8.62. The van der Waals surface area contributed by atoms with Gasteiger partial charge >= 0.3 is 0 Å². The summed E-state index contributed by atoms with van der Waals surface area (Å²) in [4.78, 5) is 6.26. The van der Waals surface area contributed by atoms with E-state index in [1.54, 1.807) is 6.20 Å². The predicted molar refractivity (Wildman–Crippen MR) is 80.2 cm³/mol. The monoisotopic (exact) mass is 270 g/mol. The van der Waals surface area contributed by atoms with Gasteiger partial charge in [-0.15, -0.1) is 0 Å². The van der Waals surface area contributed by atoms with Crippen LogP contribution in [0.5, 0.6) is 0 Å². The largest absolute Gasteiger partial charge is 0.409 e. The molecule has 0 saturated carbocycles. The predicted octanol–water partition coefficient (Wildman–Crippen LogP) is 1.86. The molecule has 1 heterocycles. The van der Waals surface area contributed by atoms with Gasteiger partial charge < -0.3 is 15.8 Å². The Kier molecular flexibility index (Phi) is 4.55. The molecule has 0 amide bonds. The lowest BCUT2D eigenvalue weighted by Gasteiger charge is -2.19. The van der Waals surface area contributed by atoms with E-state index in [1.165, 1.54) is 5.56 Å². The van der Waals surface area contributed by atoms with Crippen LogP contribution in [0, 0.1) is 0 Å². The number of nitrogens with two attached hydrogens (primary N) is 1. The molecule has 20 heavy (non-hydrogen) atoms. The molecule has 0 bridgehead atoms. The number of aromatic nitrogens is 1. The summed E-state index contributed by atoms with van der Waals surface area (Å²) in [6.07, 6.45) is 4.60. The van der Waals surface area contributed by atoms with Crippen molar-refractivity contribution in [2.45, 2.75) is 6.42 Å². The Morgan fingerprint density at radius 3 is 2.65 bits per heavy atom. The van der Waals surface area contributed by atoms with Gasteiger partial charge in [0.25, 0.3) is 0 Å². The zero-order valence-electron chi connectivity index (χ0n) is 11.4. The molecule has 2 rings (SSSR count). The first-order valence-corrected chi connectivity index (χ1v) is 6.38. The van der Waals surface area contributed by atoms with Gasteiger partial charge in [-0.1, -0.05) is 11.2 Å². The molecule has 0 saturated heterocycles. The summed E-state index contributed by atoms with van der Waals surface area (Å²) < 4.78 is 0. The lowest BCUT2D eigenvalue weighted by molar-refractivity contribution is 0.318. The first-order chi connectivity index (χ1) is 9.70. The minimum absolute atomic E-state index is 0.120. The average molecular weight is 270 g/mol. The van der Waals surface area contributed by atoms with Gasteiger partial charge in [-0.25, -0.2) is 0 Å². The molecule has 104 valence electrons. The number of pyridine rings is 1. The number of rotatable bonds is 5.